The average Bonchev–Trinajstić information content (AvgIpc) is 3.43. The predicted octanol–water partition coefficient (Wildman–Crippen LogP) is 9.18. The maximum absolute atomic E-state index is 14.0. The number of fused-ring (bicyclic) bond motifs is 1. The molecule has 3 aromatic carbocycles. The second-order valence-corrected chi connectivity index (χ2v) is 12.2. The molecular weight excluding hydrogens is 545 g/mol. The van der Waals surface area contributed by atoms with Crippen LogP contribution >= 0.6 is 35.0 Å². The summed E-state index contributed by atoms with van der Waals surface area (Å²) in [4.78, 5) is 21.6. The summed E-state index contributed by atoms with van der Waals surface area (Å²) in [6.07, 6.45) is 8.65. The minimum atomic E-state index is 0.0472. The van der Waals surface area contributed by atoms with E-state index >= 15 is 0 Å². The van der Waals surface area contributed by atoms with E-state index in [1.54, 1.807) is 6.07 Å². The van der Waals surface area contributed by atoms with E-state index in [1.807, 2.05) is 65.6 Å². The summed E-state index contributed by atoms with van der Waals surface area (Å²) in [7, 11) is 0. The second kappa shape index (κ2) is 11.2. The number of nitrogens with zero attached hydrogens (tertiary/aromatic N) is 3. The molecule has 2 aliphatic rings. The quantitative estimate of drug-likeness (QED) is 0.223. The van der Waals surface area contributed by atoms with Gasteiger partial charge in [0.2, 0.25) is 0 Å². The summed E-state index contributed by atoms with van der Waals surface area (Å²) in [5.41, 5.74) is 3.94. The SMILES string of the molecule is C[C@@H]1CCCC[C@H]1N1C(=O)/C(=C/c2cn(Cc3ccc(Cl)cc3Cl)c3ccccc23)SC1=Nc1ccccc1. The fourth-order valence-electron chi connectivity index (χ4n) is 5.65. The molecule has 1 saturated heterocycles. The maximum Gasteiger partial charge on any atom is 0.267 e. The van der Waals surface area contributed by atoms with Crippen molar-refractivity contribution in [3.8, 4) is 0 Å². The Hall–Kier alpha value is -2.99. The van der Waals surface area contributed by atoms with Gasteiger partial charge in [0.1, 0.15) is 0 Å². The smallest absolute Gasteiger partial charge is 0.267 e. The summed E-state index contributed by atoms with van der Waals surface area (Å²) in [5, 5.41) is 3.12. The van der Waals surface area contributed by atoms with Crippen LogP contribution in [-0.4, -0.2) is 26.6 Å². The molecule has 4 aromatic rings. The first kappa shape index (κ1) is 26.2. The van der Waals surface area contributed by atoms with Crippen molar-refractivity contribution in [2.24, 2.45) is 10.9 Å². The Morgan fingerprint density at radius 1 is 1.00 bits per heavy atom. The van der Waals surface area contributed by atoms with Crippen LogP contribution in [0.5, 0.6) is 0 Å². The van der Waals surface area contributed by atoms with E-state index in [1.165, 1.54) is 18.2 Å². The molecule has 0 radical (unpaired) electrons. The molecule has 0 unspecified atom stereocenters. The number of amides is 1. The number of hydrogen-bond donors (Lipinski definition) is 0. The van der Waals surface area contributed by atoms with Crippen LogP contribution in [0.4, 0.5) is 5.69 Å². The van der Waals surface area contributed by atoms with Gasteiger partial charge >= 0.3 is 0 Å². The molecule has 2 fully saturated rings. The van der Waals surface area contributed by atoms with Crippen molar-refractivity contribution in [1.29, 1.82) is 0 Å². The molecule has 2 heterocycles. The highest BCUT2D eigenvalue weighted by Crippen LogP contribution is 2.41. The summed E-state index contributed by atoms with van der Waals surface area (Å²) in [6, 6.07) is 23.9. The molecule has 1 saturated carbocycles. The van der Waals surface area contributed by atoms with Crippen molar-refractivity contribution < 1.29 is 4.79 Å². The van der Waals surface area contributed by atoms with Gasteiger partial charge in [-0.25, -0.2) is 4.99 Å². The number of rotatable bonds is 5. The number of halogens is 2. The number of aromatic nitrogens is 1. The Kier molecular flexibility index (Phi) is 7.57. The van der Waals surface area contributed by atoms with E-state index in [9.17, 15) is 4.79 Å². The first-order valence-electron chi connectivity index (χ1n) is 13.4. The lowest BCUT2D eigenvalue weighted by atomic mass is 9.85. The van der Waals surface area contributed by atoms with E-state index in [2.05, 4.69) is 29.8 Å². The van der Waals surface area contributed by atoms with Crippen molar-refractivity contribution in [3.05, 3.63) is 105 Å². The molecule has 6 rings (SSSR count). The van der Waals surface area contributed by atoms with E-state index in [0.717, 1.165) is 52.1 Å². The van der Waals surface area contributed by atoms with Crippen LogP contribution in [0.3, 0.4) is 0 Å². The highest BCUT2D eigenvalue weighted by molar-refractivity contribution is 8.18. The zero-order chi connectivity index (χ0) is 26.9. The van der Waals surface area contributed by atoms with Gasteiger partial charge in [0.05, 0.1) is 10.6 Å². The molecule has 1 amide bonds. The van der Waals surface area contributed by atoms with Gasteiger partial charge in [-0.1, -0.05) is 85.4 Å². The zero-order valence-electron chi connectivity index (χ0n) is 21.7. The summed E-state index contributed by atoms with van der Waals surface area (Å²) in [6.45, 7) is 2.87. The monoisotopic (exact) mass is 573 g/mol. The minimum absolute atomic E-state index is 0.0472. The van der Waals surface area contributed by atoms with E-state index < -0.39 is 0 Å². The molecule has 1 aromatic heterocycles. The number of para-hydroxylation sites is 2. The van der Waals surface area contributed by atoms with Crippen LogP contribution in [0.25, 0.3) is 17.0 Å². The van der Waals surface area contributed by atoms with Gasteiger partial charge in [-0.2, -0.15) is 0 Å². The Bertz CT molecular complexity index is 1590. The van der Waals surface area contributed by atoms with Crippen LogP contribution in [0, 0.1) is 5.92 Å². The fraction of sp³-hybridized carbons (Fsp3) is 0.250. The number of aliphatic imine (C=N–C) groups is 1. The molecule has 0 spiro atoms. The third-order valence-electron chi connectivity index (χ3n) is 7.68. The van der Waals surface area contributed by atoms with Crippen molar-refractivity contribution >= 4 is 68.7 Å². The third kappa shape index (κ3) is 5.41. The lowest BCUT2D eigenvalue weighted by molar-refractivity contribution is -0.124. The molecule has 2 atom stereocenters. The number of carbonyl (C=O) groups excluding carboxylic acids is 1. The predicted molar refractivity (Wildman–Crippen MR) is 165 cm³/mol. The lowest BCUT2D eigenvalue weighted by Crippen LogP contribution is -2.44. The highest BCUT2D eigenvalue weighted by atomic mass is 35.5. The van der Waals surface area contributed by atoms with Crippen molar-refractivity contribution in [1.82, 2.24) is 9.47 Å². The number of hydrogen-bond acceptors (Lipinski definition) is 3. The first-order valence-corrected chi connectivity index (χ1v) is 14.9. The minimum Gasteiger partial charge on any atom is -0.342 e. The van der Waals surface area contributed by atoms with Gasteiger partial charge in [-0.05, 0) is 72.5 Å². The van der Waals surface area contributed by atoms with Gasteiger partial charge in [-0.15, -0.1) is 0 Å². The van der Waals surface area contributed by atoms with E-state index in [-0.39, 0.29) is 11.9 Å². The Balaban J connectivity index is 1.40. The molecule has 0 bridgehead atoms. The zero-order valence-corrected chi connectivity index (χ0v) is 24.0. The lowest BCUT2D eigenvalue weighted by Gasteiger charge is -2.35. The standard InChI is InChI=1S/C32H29Cl2N3OS/c1-21-9-5-7-13-28(21)37-31(38)30(39-32(37)35-25-10-3-2-4-11-25)17-23-20-36(29-14-8-6-12-26(23)29)19-22-15-16-24(33)18-27(22)34/h2-4,6,8,10-12,14-18,20-21,28H,5,7,9,13,19H2,1H3/b30-17-,35-32?/t21-,28-/m1/s1. The number of amidine groups is 1. The number of carbonyl (C=O) groups is 1. The summed E-state index contributed by atoms with van der Waals surface area (Å²) < 4.78 is 2.18. The molecule has 0 N–H and O–H groups in total. The average molecular weight is 575 g/mol. The van der Waals surface area contributed by atoms with Gasteiger partial charge in [0, 0.05) is 45.3 Å². The number of thioether (sulfide) groups is 1. The number of benzene rings is 3. The van der Waals surface area contributed by atoms with Crippen molar-refractivity contribution in [3.63, 3.8) is 0 Å². The molecule has 198 valence electrons. The van der Waals surface area contributed by atoms with Gasteiger partial charge in [-0.3, -0.25) is 9.69 Å². The topological polar surface area (TPSA) is 37.6 Å². The molecule has 1 aliphatic heterocycles. The fourth-order valence-corrected chi connectivity index (χ4v) is 7.15. The molecular formula is C32H29Cl2N3OS. The van der Waals surface area contributed by atoms with Crippen LogP contribution in [0.15, 0.2) is 88.9 Å². The maximum atomic E-state index is 14.0. The van der Waals surface area contributed by atoms with Crippen molar-refractivity contribution in [2.45, 2.75) is 45.2 Å². The Morgan fingerprint density at radius 2 is 1.77 bits per heavy atom. The first-order chi connectivity index (χ1) is 19.0. The van der Waals surface area contributed by atoms with Gasteiger partial charge < -0.3 is 4.57 Å². The van der Waals surface area contributed by atoms with Gasteiger partial charge in [0.25, 0.3) is 5.91 Å². The molecule has 4 nitrogen and oxygen atoms in total. The second-order valence-electron chi connectivity index (χ2n) is 10.3. The summed E-state index contributed by atoms with van der Waals surface area (Å²) >= 11 is 14.1. The molecule has 7 heteroatoms. The van der Waals surface area contributed by atoms with Crippen LogP contribution in [0.2, 0.25) is 10.0 Å². The van der Waals surface area contributed by atoms with Crippen LogP contribution < -0.4 is 0 Å². The van der Waals surface area contributed by atoms with E-state index in [0.29, 0.717) is 27.4 Å². The largest absolute Gasteiger partial charge is 0.342 e. The molecule has 1 aliphatic carbocycles. The Morgan fingerprint density at radius 3 is 2.56 bits per heavy atom. The Labute approximate surface area is 243 Å². The van der Waals surface area contributed by atoms with E-state index in [4.69, 9.17) is 28.2 Å². The van der Waals surface area contributed by atoms with Crippen LogP contribution in [-0.2, 0) is 11.3 Å². The molecule has 39 heavy (non-hydrogen) atoms. The highest BCUT2D eigenvalue weighted by Gasteiger charge is 2.41. The van der Waals surface area contributed by atoms with Gasteiger partial charge in [0.15, 0.2) is 5.17 Å². The summed E-state index contributed by atoms with van der Waals surface area (Å²) in [5.74, 6) is 0.487. The third-order valence-corrected chi connectivity index (χ3v) is 9.25. The van der Waals surface area contributed by atoms with Crippen LogP contribution in [0.1, 0.15) is 43.7 Å². The normalized spacial score (nSPS) is 21.9. The van der Waals surface area contributed by atoms with Crippen molar-refractivity contribution in [2.75, 3.05) is 0 Å².